The summed E-state index contributed by atoms with van der Waals surface area (Å²) in [5.74, 6) is -2.73. The number of H-pyrrole nitrogens is 1. The predicted molar refractivity (Wildman–Crippen MR) is 159 cm³/mol. The maximum atomic E-state index is 14.1. The van der Waals surface area contributed by atoms with E-state index < -0.39 is 41.0 Å². The van der Waals surface area contributed by atoms with E-state index in [1.807, 2.05) is 12.1 Å². The lowest BCUT2D eigenvalue weighted by molar-refractivity contribution is -0.129. The third-order valence-electron chi connectivity index (χ3n) is 6.52. The number of para-hydroxylation sites is 1. The topological polar surface area (TPSA) is 158 Å². The van der Waals surface area contributed by atoms with Crippen molar-refractivity contribution >= 4 is 34.3 Å². The molecule has 0 saturated carbocycles. The molecule has 44 heavy (non-hydrogen) atoms. The van der Waals surface area contributed by atoms with Crippen molar-refractivity contribution in [2.45, 2.75) is 32.0 Å². The molecule has 2 aromatic carbocycles. The second kappa shape index (κ2) is 14.7. The van der Waals surface area contributed by atoms with Crippen LogP contribution in [0.3, 0.4) is 0 Å². The highest BCUT2D eigenvalue weighted by Gasteiger charge is 2.21. The number of allylic oxidation sites excluding steroid dienone is 1. The Morgan fingerprint density at radius 1 is 1.11 bits per heavy atom. The lowest BCUT2D eigenvalue weighted by atomic mass is 10.1. The van der Waals surface area contributed by atoms with Gasteiger partial charge in [-0.1, -0.05) is 18.2 Å². The molecule has 0 bridgehead atoms. The Morgan fingerprint density at radius 2 is 1.93 bits per heavy atom. The van der Waals surface area contributed by atoms with Gasteiger partial charge in [-0.25, -0.2) is 8.78 Å². The van der Waals surface area contributed by atoms with Crippen molar-refractivity contribution < 1.29 is 32.6 Å². The Labute approximate surface area is 250 Å². The molecule has 11 nitrogen and oxygen atoms in total. The van der Waals surface area contributed by atoms with Crippen molar-refractivity contribution in [3.63, 3.8) is 0 Å². The van der Waals surface area contributed by atoms with Gasteiger partial charge in [-0.2, -0.15) is 0 Å². The number of aromatic amines is 1. The molecule has 4 aromatic rings. The number of halogens is 2. The number of hydrogen-bond acceptors (Lipinski definition) is 6. The number of nitrogens with one attached hydrogen (secondary N) is 3. The van der Waals surface area contributed by atoms with E-state index in [0.717, 1.165) is 23.6 Å². The van der Waals surface area contributed by atoms with Gasteiger partial charge >= 0.3 is 0 Å². The summed E-state index contributed by atoms with van der Waals surface area (Å²) >= 11 is 0. The lowest BCUT2D eigenvalue weighted by Crippen LogP contribution is -2.45. The molecule has 3 amide bonds. The minimum Gasteiger partial charge on any atom is -0.487 e. The zero-order chi connectivity index (χ0) is 31.6. The number of hydrogen-bond donors (Lipinski definition) is 4. The van der Waals surface area contributed by atoms with Gasteiger partial charge in [0.25, 0.3) is 5.56 Å². The molecule has 0 fully saturated rings. The zero-order valence-corrected chi connectivity index (χ0v) is 23.8. The molecule has 230 valence electrons. The van der Waals surface area contributed by atoms with Crippen molar-refractivity contribution in [3.05, 3.63) is 106 Å². The minimum atomic E-state index is -1.02. The Kier molecular flexibility index (Phi) is 10.6. The fourth-order valence-corrected chi connectivity index (χ4v) is 4.44. The van der Waals surface area contributed by atoms with E-state index in [9.17, 15) is 28.0 Å². The van der Waals surface area contributed by atoms with Crippen molar-refractivity contribution in [2.75, 3.05) is 19.0 Å². The molecule has 0 aliphatic carbocycles. The van der Waals surface area contributed by atoms with E-state index in [4.69, 9.17) is 15.2 Å². The number of amides is 3. The predicted octanol–water partition coefficient (Wildman–Crippen LogP) is 3.13. The van der Waals surface area contributed by atoms with Crippen LogP contribution in [-0.2, 0) is 32.3 Å². The average Bonchev–Trinajstić information content (AvgIpc) is 3.39. The number of nitrogens with zero attached hydrogens (tertiary/aromatic N) is 1. The van der Waals surface area contributed by atoms with Crippen LogP contribution in [-0.4, -0.2) is 47.0 Å². The van der Waals surface area contributed by atoms with Crippen molar-refractivity contribution in [2.24, 2.45) is 5.73 Å². The van der Waals surface area contributed by atoms with Crippen LogP contribution in [0.1, 0.15) is 24.1 Å². The molecule has 0 spiro atoms. The lowest BCUT2D eigenvalue weighted by Gasteiger charge is -2.18. The molecule has 0 radical (unpaired) electrons. The Hall–Kier alpha value is -5.30. The normalized spacial score (nSPS) is 11.9. The summed E-state index contributed by atoms with van der Waals surface area (Å²) in [7, 11) is 1.34. The maximum Gasteiger partial charge on any atom is 0.274 e. The fourth-order valence-electron chi connectivity index (χ4n) is 4.44. The van der Waals surface area contributed by atoms with Gasteiger partial charge in [0.1, 0.15) is 42.3 Å². The standard InChI is InChI=1S/C31H31F2N5O6/c1-43-18-28(40)36-24(7-2-3-10-27(34)39)30(41)37-25-8-5-13-38(31(25)42)16-22-14-19-6-4-9-26(29(19)35-22)44-17-20-11-12-21(32)15-23(20)33/h3-6,8-15,24,35H,2,7,16-18H2,1H3,(H2,34,39)(H,36,40)(H,37,41). The number of primary amides is 1. The number of pyridine rings is 1. The van der Waals surface area contributed by atoms with E-state index >= 15 is 0 Å². The number of aromatic nitrogens is 2. The van der Waals surface area contributed by atoms with E-state index in [2.05, 4.69) is 15.6 Å². The summed E-state index contributed by atoms with van der Waals surface area (Å²) in [4.78, 5) is 52.6. The van der Waals surface area contributed by atoms with Gasteiger partial charge in [0.2, 0.25) is 17.7 Å². The van der Waals surface area contributed by atoms with Gasteiger partial charge in [-0.15, -0.1) is 0 Å². The first-order valence-corrected chi connectivity index (χ1v) is 13.6. The van der Waals surface area contributed by atoms with Gasteiger partial charge in [0.15, 0.2) is 0 Å². The van der Waals surface area contributed by atoms with Crippen LogP contribution >= 0.6 is 0 Å². The summed E-state index contributed by atoms with van der Waals surface area (Å²) in [6.07, 6.45) is 4.60. The van der Waals surface area contributed by atoms with E-state index in [-0.39, 0.29) is 43.9 Å². The van der Waals surface area contributed by atoms with E-state index in [0.29, 0.717) is 17.0 Å². The first-order chi connectivity index (χ1) is 21.1. The number of methoxy groups -OCH3 is 1. The van der Waals surface area contributed by atoms with Crippen molar-refractivity contribution in [1.82, 2.24) is 14.9 Å². The van der Waals surface area contributed by atoms with Crippen LogP contribution in [0.2, 0.25) is 0 Å². The number of carbonyl (C=O) groups is 3. The number of nitrogens with two attached hydrogens (primary N) is 1. The zero-order valence-electron chi connectivity index (χ0n) is 23.8. The largest absolute Gasteiger partial charge is 0.487 e. The third-order valence-corrected chi connectivity index (χ3v) is 6.52. The summed E-state index contributed by atoms with van der Waals surface area (Å²) in [6, 6.07) is 12.5. The molecule has 0 aliphatic rings. The highest BCUT2D eigenvalue weighted by molar-refractivity contribution is 5.97. The first kappa shape index (κ1) is 31.6. The molecule has 5 N–H and O–H groups in total. The van der Waals surface area contributed by atoms with Gasteiger partial charge < -0.3 is 35.4 Å². The van der Waals surface area contributed by atoms with E-state index in [1.54, 1.807) is 24.4 Å². The Morgan fingerprint density at radius 3 is 2.68 bits per heavy atom. The number of benzene rings is 2. The molecular weight excluding hydrogens is 576 g/mol. The molecule has 13 heteroatoms. The molecule has 0 aliphatic heterocycles. The highest BCUT2D eigenvalue weighted by atomic mass is 19.1. The Bertz CT molecular complexity index is 1750. The van der Waals surface area contributed by atoms with Crippen LogP contribution < -0.4 is 26.7 Å². The van der Waals surface area contributed by atoms with Crippen LogP contribution in [0, 0.1) is 11.6 Å². The molecule has 1 unspecified atom stereocenters. The Balaban J connectivity index is 1.48. The number of rotatable bonds is 14. The number of fused-ring (bicyclic) bond motifs is 1. The number of anilines is 1. The van der Waals surface area contributed by atoms with Crippen molar-refractivity contribution in [1.29, 1.82) is 0 Å². The number of ether oxygens (including phenoxy) is 2. The summed E-state index contributed by atoms with van der Waals surface area (Å²) in [5, 5.41) is 5.93. The van der Waals surface area contributed by atoms with Gasteiger partial charge in [0, 0.05) is 36.0 Å². The molecule has 0 saturated heterocycles. The summed E-state index contributed by atoms with van der Waals surface area (Å²) in [5.41, 5.74) is 6.08. The molecule has 2 aromatic heterocycles. The van der Waals surface area contributed by atoms with E-state index in [1.165, 1.54) is 29.9 Å². The quantitative estimate of drug-likeness (QED) is 0.161. The fraction of sp³-hybridized carbons (Fsp3) is 0.226. The van der Waals surface area contributed by atoms with Crippen LogP contribution in [0.15, 0.2) is 77.7 Å². The second-order valence-electron chi connectivity index (χ2n) is 9.82. The monoisotopic (exact) mass is 607 g/mol. The molecule has 2 heterocycles. The SMILES string of the molecule is COCC(=O)NC(CCC=CC(N)=O)C(=O)Nc1cccn(Cc2cc3cccc(OCc4ccc(F)cc4F)c3[nH]2)c1=O. The molecule has 4 rings (SSSR count). The van der Waals surface area contributed by atoms with Gasteiger partial charge in [0.05, 0.1) is 12.1 Å². The minimum absolute atomic E-state index is 0.00220. The summed E-state index contributed by atoms with van der Waals surface area (Å²) < 4.78 is 39.3. The first-order valence-electron chi connectivity index (χ1n) is 13.6. The average molecular weight is 608 g/mol. The van der Waals surface area contributed by atoms with Crippen LogP contribution in [0.5, 0.6) is 5.75 Å². The molecule has 1 atom stereocenters. The highest BCUT2D eigenvalue weighted by Crippen LogP contribution is 2.27. The van der Waals surface area contributed by atoms with Crippen molar-refractivity contribution in [3.8, 4) is 5.75 Å². The smallest absolute Gasteiger partial charge is 0.274 e. The number of carbonyl (C=O) groups excluding carboxylic acids is 3. The van der Waals surface area contributed by atoms with Gasteiger partial charge in [-0.3, -0.25) is 19.2 Å². The van der Waals surface area contributed by atoms with Gasteiger partial charge in [-0.05, 0) is 55.3 Å². The van der Waals surface area contributed by atoms with Crippen LogP contribution in [0.4, 0.5) is 14.5 Å². The second-order valence-corrected chi connectivity index (χ2v) is 9.82. The summed E-state index contributed by atoms with van der Waals surface area (Å²) in [6.45, 7) is -0.260. The molecular formula is C31H31F2N5O6. The maximum absolute atomic E-state index is 14.1. The van der Waals surface area contributed by atoms with Crippen LogP contribution in [0.25, 0.3) is 10.9 Å². The third kappa shape index (κ3) is 8.38.